The summed E-state index contributed by atoms with van der Waals surface area (Å²) in [5, 5.41) is 17.6. The lowest BCUT2D eigenvalue weighted by Crippen LogP contribution is -2.16. The highest BCUT2D eigenvalue weighted by atomic mass is 16.5. The lowest BCUT2D eigenvalue weighted by atomic mass is 10.1. The van der Waals surface area contributed by atoms with E-state index in [2.05, 4.69) is 0 Å². The molecule has 0 fully saturated rings. The first-order valence-corrected chi connectivity index (χ1v) is 5.17. The first-order chi connectivity index (χ1) is 7.65. The minimum absolute atomic E-state index is 0.000235. The fourth-order valence-corrected chi connectivity index (χ4v) is 1.32. The minimum atomic E-state index is -1.01. The minimum Gasteiger partial charge on any atom is -0.479 e. The smallest absolute Gasteiger partial charge is 0.337 e. The number of benzene rings is 1. The van der Waals surface area contributed by atoms with Crippen LogP contribution in [0.5, 0.6) is 0 Å². The van der Waals surface area contributed by atoms with E-state index in [-0.39, 0.29) is 13.2 Å². The molecule has 0 aromatic heterocycles. The number of aryl methyl sites for hydroxylation is 1. The number of carboxylic acids is 1. The van der Waals surface area contributed by atoms with Crippen LogP contribution in [-0.2, 0) is 9.53 Å². The van der Waals surface area contributed by atoms with Crippen LogP contribution in [0.2, 0.25) is 0 Å². The molecular weight excluding hydrogens is 208 g/mol. The number of aliphatic carboxylic acids is 1. The van der Waals surface area contributed by atoms with Crippen LogP contribution < -0.4 is 0 Å². The van der Waals surface area contributed by atoms with Gasteiger partial charge in [0.2, 0.25) is 0 Å². The number of hydrogen-bond donors (Lipinski definition) is 2. The van der Waals surface area contributed by atoms with Gasteiger partial charge in [0.15, 0.2) is 6.10 Å². The van der Waals surface area contributed by atoms with E-state index >= 15 is 0 Å². The van der Waals surface area contributed by atoms with E-state index in [1.807, 2.05) is 19.1 Å². The van der Waals surface area contributed by atoms with Gasteiger partial charge in [0, 0.05) is 6.61 Å². The quantitative estimate of drug-likeness (QED) is 0.719. The van der Waals surface area contributed by atoms with Gasteiger partial charge in [-0.15, -0.1) is 0 Å². The number of hydrogen-bond acceptors (Lipinski definition) is 3. The van der Waals surface area contributed by atoms with Gasteiger partial charge >= 0.3 is 5.97 Å². The van der Waals surface area contributed by atoms with Crippen molar-refractivity contribution in [2.75, 3.05) is 13.2 Å². The molecule has 1 unspecified atom stereocenters. The molecule has 0 spiro atoms. The monoisotopic (exact) mass is 224 g/mol. The van der Waals surface area contributed by atoms with E-state index in [0.29, 0.717) is 12.0 Å². The summed E-state index contributed by atoms with van der Waals surface area (Å²) < 4.78 is 5.21. The topological polar surface area (TPSA) is 66.8 Å². The third-order valence-corrected chi connectivity index (χ3v) is 2.19. The van der Waals surface area contributed by atoms with Gasteiger partial charge in [0.05, 0.1) is 6.61 Å². The molecule has 0 heterocycles. The molecule has 0 bridgehead atoms. The van der Waals surface area contributed by atoms with E-state index in [1.165, 1.54) is 0 Å². The molecule has 0 saturated heterocycles. The molecule has 1 aromatic carbocycles. The standard InChI is InChI=1S/C12H16O4/c1-9-3-5-10(6-4-9)11(12(14)15)16-8-2-7-13/h3-6,11,13H,2,7-8H2,1H3,(H,14,15). The van der Waals surface area contributed by atoms with Crippen LogP contribution in [0, 0.1) is 6.92 Å². The second-order valence-electron chi connectivity index (χ2n) is 3.58. The number of aliphatic hydroxyl groups excluding tert-OH is 1. The molecule has 0 radical (unpaired) electrons. The zero-order valence-corrected chi connectivity index (χ0v) is 9.22. The number of ether oxygens (including phenoxy) is 1. The third-order valence-electron chi connectivity index (χ3n) is 2.19. The van der Waals surface area contributed by atoms with E-state index in [0.717, 1.165) is 5.56 Å². The van der Waals surface area contributed by atoms with Crippen molar-refractivity contribution in [3.63, 3.8) is 0 Å². The lowest BCUT2D eigenvalue weighted by molar-refractivity contribution is -0.151. The van der Waals surface area contributed by atoms with Crippen molar-refractivity contribution in [1.82, 2.24) is 0 Å². The van der Waals surface area contributed by atoms with Gasteiger partial charge in [-0.25, -0.2) is 4.79 Å². The maximum atomic E-state index is 11.0. The van der Waals surface area contributed by atoms with Crippen molar-refractivity contribution in [2.45, 2.75) is 19.4 Å². The van der Waals surface area contributed by atoms with Gasteiger partial charge in [-0.05, 0) is 18.9 Å². The highest BCUT2D eigenvalue weighted by molar-refractivity contribution is 5.74. The van der Waals surface area contributed by atoms with Gasteiger partial charge in [-0.3, -0.25) is 0 Å². The van der Waals surface area contributed by atoms with Crippen LogP contribution in [0.15, 0.2) is 24.3 Å². The molecule has 0 aliphatic carbocycles. The van der Waals surface area contributed by atoms with Crippen LogP contribution in [0.4, 0.5) is 0 Å². The maximum absolute atomic E-state index is 11.0. The molecule has 1 rings (SSSR count). The Hall–Kier alpha value is -1.39. The van der Waals surface area contributed by atoms with Crippen LogP contribution >= 0.6 is 0 Å². The zero-order chi connectivity index (χ0) is 12.0. The number of rotatable bonds is 6. The van der Waals surface area contributed by atoms with Crippen molar-refractivity contribution in [2.24, 2.45) is 0 Å². The Balaban J connectivity index is 2.69. The number of carbonyl (C=O) groups is 1. The van der Waals surface area contributed by atoms with E-state index in [1.54, 1.807) is 12.1 Å². The van der Waals surface area contributed by atoms with Gasteiger partial charge in [0.1, 0.15) is 0 Å². The summed E-state index contributed by atoms with van der Waals surface area (Å²) in [6.07, 6.45) is -0.512. The van der Waals surface area contributed by atoms with Crippen LogP contribution in [0.1, 0.15) is 23.7 Å². The summed E-state index contributed by atoms with van der Waals surface area (Å²) in [4.78, 5) is 11.0. The largest absolute Gasteiger partial charge is 0.479 e. The van der Waals surface area contributed by atoms with E-state index in [9.17, 15) is 4.79 Å². The molecule has 1 aromatic rings. The Morgan fingerprint density at radius 3 is 2.50 bits per heavy atom. The van der Waals surface area contributed by atoms with Gasteiger partial charge in [-0.2, -0.15) is 0 Å². The van der Waals surface area contributed by atoms with Crippen LogP contribution in [0.3, 0.4) is 0 Å². The molecule has 4 heteroatoms. The average Bonchev–Trinajstić information content (AvgIpc) is 2.26. The second kappa shape index (κ2) is 6.25. The lowest BCUT2D eigenvalue weighted by Gasteiger charge is -2.13. The molecular formula is C12H16O4. The number of aliphatic hydroxyl groups is 1. The van der Waals surface area contributed by atoms with Crippen molar-refractivity contribution in [3.05, 3.63) is 35.4 Å². The SMILES string of the molecule is Cc1ccc(C(OCCCO)C(=O)O)cc1. The molecule has 2 N–H and O–H groups in total. The summed E-state index contributed by atoms with van der Waals surface area (Å²) in [5.74, 6) is -1.01. The molecule has 0 amide bonds. The number of carboxylic acid groups (broad SMARTS) is 1. The van der Waals surface area contributed by atoms with Crippen LogP contribution in [-0.4, -0.2) is 29.4 Å². The van der Waals surface area contributed by atoms with Gasteiger partial charge < -0.3 is 14.9 Å². The summed E-state index contributed by atoms with van der Waals surface area (Å²) in [6, 6.07) is 7.18. The third kappa shape index (κ3) is 3.64. The van der Waals surface area contributed by atoms with Gasteiger partial charge in [0.25, 0.3) is 0 Å². The summed E-state index contributed by atoms with van der Waals surface area (Å²) in [7, 11) is 0. The van der Waals surface area contributed by atoms with Crippen LogP contribution in [0.25, 0.3) is 0 Å². The zero-order valence-electron chi connectivity index (χ0n) is 9.22. The second-order valence-corrected chi connectivity index (χ2v) is 3.58. The Kier molecular flexibility index (Phi) is 4.95. The van der Waals surface area contributed by atoms with Crippen molar-refractivity contribution in [3.8, 4) is 0 Å². The molecule has 0 aliphatic rings. The molecule has 4 nitrogen and oxygen atoms in total. The first kappa shape index (κ1) is 12.7. The van der Waals surface area contributed by atoms with E-state index < -0.39 is 12.1 Å². The Morgan fingerprint density at radius 2 is 2.00 bits per heavy atom. The predicted octanol–water partition coefficient (Wildman–Crippen LogP) is 1.52. The van der Waals surface area contributed by atoms with Crippen molar-refractivity contribution in [1.29, 1.82) is 0 Å². The summed E-state index contributed by atoms with van der Waals surface area (Å²) in [6.45, 7) is 2.17. The van der Waals surface area contributed by atoms with Gasteiger partial charge in [-0.1, -0.05) is 29.8 Å². The average molecular weight is 224 g/mol. The normalized spacial score (nSPS) is 12.4. The van der Waals surface area contributed by atoms with Crippen molar-refractivity contribution >= 4 is 5.97 Å². The molecule has 16 heavy (non-hydrogen) atoms. The summed E-state index contributed by atoms with van der Waals surface area (Å²) in [5.41, 5.74) is 1.69. The first-order valence-electron chi connectivity index (χ1n) is 5.17. The van der Waals surface area contributed by atoms with Crippen molar-refractivity contribution < 1.29 is 19.7 Å². The Labute approximate surface area is 94.5 Å². The highest BCUT2D eigenvalue weighted by Gasteiger charge is 2.19. The van der Waals surface area contributed by atoms with E-state index in [4.69, 9.17) is 14.9 Å². The Morgan fingerprint density at radius 1 is 1.38 bits per heavy atom. The summed E-state index contributed by atoms with van der Waals surface area (Å²) >= 11 is 0. The highest BCUT2D eigenvalue weighted by Crippen LogP contribution is 2.18. The maximum Gasteiger partial charge on any atom is 0.337 e. The molecule has 0 saturated carbocycles. The predicted molar refractivity (Wildman–Crippen MR) is 59.2 cm³/mol. The fourth-order valence-electron chi connectivity index (χ4n) is 1.32. The Bertz CT molecular complexity index is 331. The fraction of sp³-hybridized carbons (Fsp3) is 0.417. The molecule has 1 atom stereocenters. The molecule has 0 aliphatic heterocycles. The molecule has 88 valence electrons.